The van der Waals surface area contributed by atoms with Crippen molar-refractivity contribution < 1.29 is 4.42 Å². The summed E-state index contributed by atoms with van der Waals surface area (Å²) in [7, 11) is 0. The summed E-state index contributed by atoms with van der Waals surface area (Å²) in [4.78, 5) is 2.44. The molecular weight excluding hydrogens is 667 g/mol. The van der Waals surface area contributed by atoms with Crippen molar-refractivity contribution in [2.24, 2.45) is 0 Å². The van der Waals surface area contributed by atoms with Crippen LogP contribution in [0.4, 0.5) is 17.1 Å². The molecule has 0 amide bonds. The van der Waals surface area contributed by atoms with E-state index in [-0.39, 0.29) is 5.41 Å². The van der Waals surface area contributed by atoms with E-state index in [0.29, 0.717) is 0 Å². The SMILES string of the molecule is CC1(C)c2ccccc2-c2ccc(N(c3ccc(-c4ccc5ccc6oc7ccccc7c6c5c4)cc3)c3ccccc3-c3ccc4ccccc4c3)cc21. The predicted molar refractivity (Wildman–Crippen MR) is 232 cm³/mol. The molecule has 55 heavy (non-hydrogen) atoms. The van der Waals surface area contributed by atoms with Crippen molar-refractivity contribution in [3.63, 3.8) is 0 Å². The Bertz CT molecular complexity index is 3130. The Labute approximate surface area is 320 Å². The van der Waals surface area contributed by atoms with Crippen LogP contribution in [0.5, 0.6) is 0 Å². The molecule has 0 saturated heterocycles. The zero-order valence-electron chi connectivity index (χ0n) is 30.8. The van der Waals surface area contributed by atoms with Crippen LogP contribution >= 0.6 is 0 Å². The molecule has 1 heterocycles. The molecule has 9 aromatic carbocycles. The van der Waals surface area contributed by atoms with Crippen LogP contribution in [0.15, 0.2) is 192 Å². The van der Waals surface area contributed by atoms with Gasteiger partial charge in [0.05, 0.1) is 5.69 Å². The summed E-state index contributed by atoms with van der Waals surface area (Å²) < 4.78 is 6.25. The monoisotopic (exact) mass is 703 g/mol. The summed E-state index contributed by atoms with van der Waals surface area (Å²) in [6.45, 7) is 4.71. The highest BCUT2D eigenvalue weighted by atomic mass is 16.3. The molecule has 2 nitrogen and oxygen atoms in total. The number of hydrogen-bond donors (Lipinski definition) is 0. The first-order chi connectivity index (χ1) is 27.0. The van der Waals surface area contributed by atoms with Gasteiger partial charge in [0.15, 0.2) is 0 Å². The summed E-state index contributed by atoms with van der Waals surface area (Å²) in [6.07, 6.45) is 0. The number of anilines is 3. The molecule has 0 unspecified atom stereocenters. The third kappa shape index (κ3) is 4.95. The largest absolute Gasteiger partial charge is 0.456 e. The van der Waals surface area contributed by atoms with E-state index < -0.39 is 0 Å². The highest BCUT2D eigenvalue weighted by Crippen LogP contribution is 2.51. The van der Waals surface area contributed by atoms with E-state index in [1.54, 1.807) is 0 Å². The lowest BCUT2D eigenvalue weighted by Crippen LogP contribution is -2.16. The molecule has 1 aromatic heterocycles. The minimum absolute atomic E-state index is 0.114. The molecule has 0 saturated carbocycles. The number of fused-ring (bicyclic) bond motifs is 9. The normalized spacial score (nSPS) is 13.1. The maximum absolute atomic E-state index is 6.25. The Morgan fingerprint density at radius 1 is 0.400 bits per heavy atom. The van der Waals surface area contributed by atoms with Crippen molar-refractivity contribution in [3.8, 4) is 33.4 Å². The third-order valence-electron chi connectivity index (χ3n) is 11.8. The first-order valence-electron chi connectivity index (χ1n) is 19.1. The Balaban J connectivity index is 1.07. The molecule has 0 spiro atoms. The van der Waals surface area contributed by atoms with Crippen LogP contribution < -0.4 is 4.90 Å². The maximum Gasteiger partial charge on any atom is 0.136 e. The molecular formula is C53H37NO. The first-order valence-corrected chi connectivity index (χ1v) is 19.1. The van der Waals surface area contributed by atoms with Gasteiger partial charge in [0.2, 0.25) is 0 Å². The van der Waals surface area contributed by atoms with Crippen LogP contribution in [0.1, 0.15) is 25.0 Å². The zero-order valence-corrected chi connectivity index (χ0v) is 30.8. The summed E-state index contributed by atoms with van der Waals surface area (Å²) >= 11 is 0. The van der Waals surface area contributed by atoms with Gasteiger partial charge >= 0.3 is 0 Å². The van der Waals surface area contributed by atoms with Crippen molar-refractivity contribution in [2.75, 3.05) is 4.90 Å². The molecule has 2 heteroatoms. The van der Waals surface area contributed by atoms with Crippen LogP contribution in [-0.2, 0) is 5.41 Å². The predicted octanol–water partition coefficient (Wildman–Crippen LogP) is 15.0. The average molecular weight is 704 g/mol. The van der Waals surface area contributed by atoms with E-state index in [2.05, 4.69) is 201 Å². The van der Waals surface area contributed by atoms with E-state index in [4.69, 9.17) is 4.42 Å². The fourth-order valence-corrected chi connectivity index (χ4v) is 9.05. The van der Waals surface area contributed by atoms with Gasteiger partial charge in [-0.1, -0.05) is 147 Å². The number of nitrogens with zero attached hydrogens (tertiary/aromatic N) is 1. The lowest BCUT2D eigenvalue weighted by atomic mass is 9.82. The Morgan fingerprint density at radius 3 is 1.95 bits per heavy atom. The number of benzene rings is 9. The minimum atomic E-state index is -0.114. The van der Waals surface area contributed by atoms with Gasteiger partial charge in [0, 0.05) is 33.1 Å². The molecule has 0 atom stereocenters. The first kappa shape index (κ1) is 31.6. The van der Waals surface area contributed by atoms with Gasteiger partial charge in [-0.3, -0.25) is 0 Å². The van der Waals surface area contributed by atoms with E-state index in [1.165, 1.54) is 71.4 Å². The molecule has 0 N–H and O–H groups in total. The zero-order chi connectivity index (χ0) is 36.7. The minimum Gasteiger partial charge on any atom is -0.456 e. The number of furan rings is 1. The molecule has 0 bridgehead atoms. The maximum atomic E-state index is 6.25. The second-order valence-electron chi connectivity index (χ2n) is 15.3. The molecule has 260 valence electrons. The molecule has 1 aliphatic rings. The van der Waals surface area contributed by atoms with Crippen molar-refractivity contribution in [1.82, 2.24) is 0 Å². The van der Waals surface area contributed by atoms with Gasteiger partial charge in [0.25, 0.3) is 0 Å². The van der Waals surface area contributed by atoms with Gasteiger partial charge in [0.1, 0.15) is 11.2 Å². The smallest absolute Gasteiger partial charge is 0.136 e. The number of para-hydroxylation sites is 2. The van der Waals surface area contributed by atoms with E-state index >= 15 is 0 Å². The van der Waals surface area contributed by atoms with E-state index in [1.807, 2.05) is 6.07 Å². The fraction of sp³-hybridized carbons (Fsp3) is 0.0566. The van der Waals surface area contributed by atoms with Gasteiger partial charge in [-0.25, -0.2) is 0 Å². The second-order valence-corrected chi connectivity index (χ2v) is 15.3. The fourth-order valence-electron chi connectivity index (χ4n) is 9.05. The van der Waals surface area contributed by atoms with Crippen molar-refractivity contribution >= 4 is 60.5 Å². The summed E-state index contributed by atoms with van der Waals surface area (Å²) in [5.74, 6) is 0. The van der Waals surface area contributed by atoms with Crippen molar-refractivity contribution in [2.45, 2.75) is 19.3 Å². The highest BCUT2D eigenvalue weighted by Gasteiger charge is 2.36. The topological polar surface area (TPSA) is 16.4 Å². The van der Waals surface area contributed by atoms with Gasteiger partial charge in [-0.2, -0.15) is 0 Å². The van der Waals surface area contributed by atoms with Crippen LogP contribution in [0.2, 0.25) is 0 Å². The second kappa shape index (κ2) is 12.1. The van der Waals surface area contributed by atoms with Crippen molar-refractivity contribution in [1.29, 1.82) is 0 Å². The Morgan fingerprint density at radius 2 is 1.05 bits per heavy atom. The lowest BCUT2D eigenvalue weighted by molar-refractivity contribution is 0.660. The quantitative estimate of drug-likeness (QED) is 0.177. The third-order valence-corrected chi connectivity index (χ3v) is 11.8. The van der Waals surface area contributed by atoms with Gasteiger partial charge < -0.3 is 9.32 Å². The van der Waals surface area contributed by atoms with Crippen LogP contribution in [-0.4, -0.2) is 0 Å². The molecule has 10 aromatic rings. The molecule has 11 rings (SSSR count). The Kier molecular flexibility index (Phi) is 6.93. The van der Waals surface area contributed by atoms with Gasteiger partial charge in [-0.05, 0) is 115 Å². The molecule has 0 radical (unpaired) electrons. The number of hydrogen-bond acceptors (Lipinski definition) is 2. The Hall–Kier alpha value is -6.90. The van der Waals surface area contributed by atoms with Crippen LogP contribution in [0.25, 0.3) is 76.9 Å². The summed E-state index contributed by atoms with van der Waals surface area (Å²) in [6, 6.07) is 68.6. The van der Waals surface area contributed by atoms with Crippen molar-refractivity contribution in [3.05, 3.63) is 199 Å². The summed E-state index contributed by atoms with van der Waals surface area (Å²) in [5, 5.41) is 7.21. The summed E-state index contributed by atoms with van der Waals surface area (Å²) in [5.41, 5.74) is 15.2. The molecule has 1 aliphatic carbocycles. The average Bonchev–Trinajstić information content (AvgIpc) is 3.73. The molecule has 0 fully saturated rings. The standard InChI is InChI=1S/C53H37NO/c1-53(2)47-16-8-5-14-43(47)44-29-28-41(33-48(44)53)54(49-17-9-6-13-42(49)39-22-19-34-11-3-4-12-37(34)31-39)40-26-23-35(24-27-40)38-21-20-36-25-30-51-52(46(36)32-38)45-15-7-10-18-50(45)55-51/h3-33H,1-2H3. The van der Waals surface area contributed by atoms with Crippen LogP contribution in [0, 0.1) is 0 Å². The lowest BCUT2D eigenvalue weighted by Gasteiger charge is -2.30. The highest BCUT2D eigenvalue weighted by molar-refractivity contribution is 6.19. The van der Waals surface area contributed by atoms with Gasteiger partial charge in [-0.15, -0.1) is 0 Å². The van der Waals surface area contributed by atoms with Crippen LogP contribution in [0.3, 0.4) is 0 Å². The molecule has 0 aliphatic heterocycles. The number of rotatable bonds is 5. The van der Waals surface area contributed by atoms with E-state index in [9.17, 15) is 0 Å². The van der Waals surface area contributed by atoms with E-state index in [0.717, 1.165) is 33.6 Å².